The van der Waals surface area contributed by atoms with Gasteiger partial charge in [-0.3, -0.25) is 0 Å². The van der Waals surface area contributed by atoms with Gasteiger partial charge in [-0.05, 0) is 19.1 Å². The van der Waals surface area contributed by atoms with Gasteiger partial charge in [0.25, 0.3) is 0 Å². The lowest BCUT2D eigenvalue weighted by Crippen LogP contribution is -2.29. The van der Waals surface area contributed by atoms with E-state index in [-0.39, 0.29) is 12.1 Å². The molecule has 0 spiro atoms. The Kier molecular flexibility index (Phi) is 3.83. The van der Waals surface area contributed by atoms with Gasteiger partial charge in [-0.15, -0.1) is 0 Å². The Morgan fingerprint density at radius 2 is 2.05 bits per heavy atom. The van der Waals surface area contributed by atoms with Gasteiger partial charge in [-0.2, -0.15) is 0 Å². The molecule has 1 unspecified atom stereocenters. The third-order valence-corrected chi connectivity index (χ3v) is 3.61. The van der Waals surface area contributed by atoms with Crippen molar-refractivity contribution in [1.29, 1.82) is 0 Å². The van der Waals surface area contributed by atoms with Crippen molar-refractivity contribution in [3.8, 4) is 11.5 Å². The summed E-state index contributed by atoms with van der Waals surface area (Å²) in [7, 11) is 5.08. The van der Waals surface area contributed by atoms with E-state index in [0.29, 0.717) is 6.54 Å². The molecule has 0 aliphatic carbocycles. The van der Waals surface area contributed by atoms with Crippen LogP contribution in [0.25, 0.3) is 0 Å². The molecule has 0 bridgehead atoms. The monoisotopic (exact) mass is 264 g/mol. The summed E-state index contributed by atoms with van der Waals surface area (Å²) >= 11 is 0. The van der Waals surface area contributed by atoms with E-state index in [1.807, 2.05) is 37.1 Å². The highest BCUT2D eigenvalue weighted by Gasteiger charge is 2.36. The number of ether oxygens (including phenoxy) is 2. The molecule has 0 N–H and O–H groups in total. The second-order valence-corrected chi connectivity index (χ2v) is 4.56. The Morgan fingerprint density at radius 1 is 1.32 bits per heavy atom. The number of carbonyl (C=O) groups is 1. The first-order chi connectivity index (χ1) is 9.12. The van der Waals surface area contributed by atoms with Crippen molar-refractivity contribution in [2.24, 2.45) is 0 Å². The minimum Gasteiger partial charge on any atom is -0.497 e. The SMILES string of the molecule is CCN1CC(c2ccc(OC)cc2OC)N(C)C1=O. The van der Waals surface area contributed by atoms with Crippen LogP contribution in [-0.2, 0) is 0 Å². The van der Waals surface area contributed by atoms with Crippen LogP contribution in [0.2, 0.25) is 0 Å². The van der Waals surface area contributed by atoms with Crippen LogP contribution >= 0.6 is 0 Å². The molecule has 0 saturated carbocycles. The van der Waals surface area contributed by atoms with E-state index in [1.165, 1.54) is 0 Å². The molecule has 2 amide bonds. The van der Waals surface area contributed by atoms with E-state index in [4.69, 9.17) is 9.47 Å². The molecule has 1 atom stereocenters. The second kappa shape index (κ2) is 5.38. The number of methoxy groups -OCH3 is 2. The first kappa shape index (κ1) is 13.5. The minimum atomic E-state index is 0.0216. The Bertz CT molecular complexity index is 476. The number of rotatable bonds is 4. The normalized spacial score (nSPS) is 18.9. The topological polar surface area (TPSA) is 42.0 Å². The van der Waals surface area contributed by atoms with E-state index in [2.05, 4.69) is 0 Å². The predicted octanol–water partition coefficient (Wildman–Crippen LogP) is 2.13. The number of nitrogens with zero attached hydrogens (tertiary/aromatic N) is 2. The van der Waals surface area contributed by atoms with Crippen LogP contribution in [0.15, 0.2) is 18.2 Å². The lowest BCUT2D eigenvalue weighted by Gasteiger charge is -2.20. The molecule has 0 radical (unpaired) electrons. The first-order valence-corrected chi connectivity index (χ1v) is 6.36. The van der Waals surface area contributed by atoms with Crippen molar-refractivity contribution in [2.75, 3.05) is 34.4 Å². The Labute approximate surface area is 113 Å². The molecule has 5 nitrogen and oxygen atoms in total. The van der Waals surface area contributed by atoms with Crippen molar-refractivity contribution < 1.29 is 14.3 Å². The number of benzene rings is 1. The van der Waals surface area contributed by atoms with Gasteiger partial charge in [0, 0.05) is 31.8 Å². The Balaban J connectivity index is 2.34. The smallest absolute Gasteiger partial charge is 0.320 e. The van der Waals surface area contributed by atoms with Crippen molar-refractivity contribution >= 4 is 6.03 Å². The molecular formula is C14H20N2O3. The average Bonchev–Trinajstić information content (AvgIpc) is 2.74. The van der Waals surface area contributed by atoms with Gasteiger partial charge in [0.05, 0.1) is 20.3 Å². The quantitative estimate of drug-likeness (QED) is 0.836. The summed E-state index contributed by atoms with van der Waals surface area (Å²) in [6, 6.07) is 5.79. The van der Waals surface area contributed by atoms with Crippen molar-refractivity contribution in [1.82, 2.24) is 9.80 Å². The van der Waals surface area contributed by atoms with E-state index >= 15 is 0 Å². The van der Waals surface area contributed by atoms with Crippen molar-refractivity contribution in [3.63, 3.8) is 0 Å². The molecule has 1 aromatic rings. The van der Waals surface area contributed by atoms with Gasteiger partial charge < -0.3 is 19.3 Å². The summed E-state index contributed by atoms with van der Waals surface area (Å²) in [5.74, 6) is 1.50. The van der Waals surface area contributed by atoms with Gasteiger partial charge in [0.2, 0.25) is 0 Å². The van der Waals surface area contributed by atoms with Crippen LogP contribution in [0.1, 0.15) is 18.5 Å². The minimum absolute atomic E-state index is 0.0216. The number of hydrogen-bond acceptors (Lipinski definition) is 3. The second-order valence-electron chi connectivity index (χ2n) is 4.56. The molecular weight excluding hydrogens is 244 g/mol. The maximum Gasteiger partial charge on any atom is 0.320 e. The number of carbonyl (C=O) groups excluding carboxylic acids is 1. The highest BCUT2D eigenvalue weighted by atomic mass is 16.5. The molecule has 1 saturated heterocycles. The fourth-order valence-corrected chi connectivity index (χ4v) is 2.43. The van der Waals surface area contributed by atoms with E-state index in [9.17, 15) is 4.79 Å². The van der Waals surface area contributed by atoms with Crippen molar-refractivity contribution in [2.45, 2.75) is 13.0 Å². The van der Waals surface area contributed by atoms with Gasteiger partial charge in [-0.1, -0.05) is 0 Å². The largest absolute Gasteiger partial charge is 0.497 e. The predicted molar refractivity (Wildman–Crippen MR) is 72.7 cm³/mol. The van der Waals surface area contributed by atoms with Crippen LogP contribution in [0.5, 0.6) is 11.5 Å². The number of urea groups is 1. The molecule has 1 aromatic carbocycles. The van der Waals surface area contributed by atoms with Crippen LogP contribution < -0.4 is 9.47 Å². The molecule has 5 heteroatoms. The molecule has 0 aromatic heterocycles. The molecule has 1 heterocycles. The maximum absolute atomic E-state index is 12.0. The summed E-state index contributed by atoms with van der Waals surface area (Å²) in [5.41, 5.74) is 1.01. The number of amides is 2. The lowest BCUT2D eigenvalue weighted by molar-refractivity contribution is 0.197. The summed E-state index contributed by atoms with van der Waals surface area (Å²) in [6.45, 7) is 3.39. The molecule has 1 fully saturated rings. The van der Waals surface area contributed by atoms with Gasteiger partial charge in [0.1, 0.15) is 11.5 Å². The van der Waals surface area contributed by atoms with Crippen LogP contribution in [0, 0.1) is 0 Å². The third-order valence-electron chi connectivity index (χ3n) is 3.61. The summed E-state index contributed by atoms with van der Waals surface area (Å²) in [4.78, 5) is 15.6. The zero-order valence-corrected chi connectivity index (χ0v) is 11.8. The van der Waals surface area contributed by atoms with Gasteiger partial charge >= 0.3 is 6.03 Å². The zero-order valence-electron chi connectivity index (χ0n) is 11.8. The molecule has 1 aliphatic rings. The van der Waals surface area contributed by atoms with Gasteiger partial charge in [-0.25, -0.2) is 4.79 Å². The highest BCUT2D eigenvalue weighted by Crippen LogP contribution is 2.35. The highest BCUT2D eigenvalue weighted by molar-refractivity contribution is 5.77. The van der Waals surface area contributed by atoms with E-state index < -0.39 is 0 Å². The van der Waals surface area contributed by atoms with Crippen LogP contribution in [0.3, 0.4) is 0 Å². The standard InChI is InChI=1S/C14H20N2O3/c1-5-16-9-12(15(2)14(16)17)11-7-6-10(18-3)8-13(11)19-4/h6-8,12H,5,9H2,1-4H3. The van der Waals surface area contributed by atoms with E-state index in [1.54, 1.807) is 19.1 Å². The van der Waals surface area contributed by atoms with E-state index in [0.717, 1.165) is 23.6 Å². The average molecular weight is 264 g/mol. The Morgan fingerprint density at radius 3 is 2.58 bits per heavy atom. The molecule has 2 rings (SSSR count). The maximum atomic E-state index is 12.0. The zero-order chi connectivity index (χ0) is 14.0. The third kappa shape index (κ3) is 2.32. The summed E-state index contributed by atoms with van der Waals surface area (Å²) in [5, 5.41) is 0. The summed E-state index contributed by atoms with van der Waals surface area (Å²) in [6.07, 6.45) is 0. The fourth-order valence-electron chi connectivity index (χ4n) is 2.43. The lowest BCUT2D eigenvalue weighted by atomic mass is 10.1. The molecule has 104 valence electrons. The number of likely N-dealkylation sites (N-methyl/N-ethyl adjacent to an activating group) is 2. The Hall–Kier alpha value is -1.91. The van der Waals surface area contributed by atoms with Crippen LogP contribution in [-0.4, -0.2) is 50.2 Å². The fraction of sp³-hybridized carbons (Fsp3) is 0.500. The first-order valence-electron chi connectivity index (χ1n) is 6.36. The van der Waals surface area contributed by atoms with Crippen LogP contribution in [0.4, 0.5) is 4.79 Å². The molecule has 1 aliphatic heterocycles. The van der Waals surface area contributed by atoms with Gasteiger partial charge in [0.15, 0.2) is 0 Å². The van der Waals surface area contributed by atoms with Crippen molar-refractivity contribution in [3.05, 3.63) is 23.8 Å². The summed E-state index contributed by atoms with van der Waals surface area (Å²) < 4.78 is 10.6. The number of hydrogen-bond donors (Lipinski definition) is 0. The molecule has 19 heavy (non-hydrogen) atoms.